The summed E-state index contributed by atoms with van der Waals surface area (Å²) in [5.74, 6) is -0.824. The third kappa shape index (κ3) is 3.01. The first-order valence-electron chi connectivity index (χ1n) is 7.41. The number of fused-ring (bicyclic) bond motifs is 1. The fourth-order valence-corrected chi connectivity index (χ4v) is 2.30. The summed E-state index contributed by atoms with van der Waals surface area (Å²) in [6.45, 7) is 5.21. The molecule has 2 heterocycles. The van der Waals surface area contributed by atoms with Crippen molar-refractivity contribution in [1.29, 1.82) is 0 Å². The quantitative estimate of drug-likeness (QED) is 0.539. The van der Waals surface area contributed by atoms with Gasteiger partial charge in [-0.25, -0.2) is 14.3 Å². The Morgan fingerprint density at radius 3 is 2.71 bits per heavy atom. The van der Waals surface area contributed by atoms with Gasteiger partial charge in [-0.15, -0.1) is 5.10 Å². The molecule has 7 heteroatoms. The van der Waals surface area contributed by atoms with Gasteiger partial charge in [0, 0.05) is 17.5 Å². The Balaban J connectivity index is 1.73. The molecule has 122 valence electrons. The smallest absolute Gasteiger partial charge is 0.378 e. The maximum Gasteiger partial charge on any atom is 0.378 e. The van der Waals surface area contributed by atoms with Crippen LogP contribution in [0.3, 0.4) is 0 Å². The van der Waals surface area contributed by atoms with Gasteiger partial charge in [-0.2, -0.15) is 4.98 Å². The van der Waals surface area contributed by atoms with E-state index in [0.29, 0.717) is 11.3 Å². The standard InChI is InChI=1S/C17H16N4O3/c1-10-4-5-11(2)13(8-10)14(22)9-24-16(23)15-19-17-18-7-6-12(3)21(17)20-15/h4-8H,9H2,1-3H3. The number of carbonyl (C=O) groups is 2. The van der Waals surface area contributed by atoms with E-state index >= 15 is 0 Å². The van der Waals surface area contributed by atoms with Crippen LogP contribution in [-0.4, -0.2) is 37.9 Å². The lowest BCUT2D eigenvalue weighted by Crippen LogP contribution is -2.16. The number of aromatic nitrogens is 4. The Labute approximate surface area is 138 Å². The summed E-state index contributed by atoms with van der Waals surface area (Å²) in [6.07, 6.45) is 1.58. The Morgan fingerprint density at radius 1 is 1.17 bits per heavy atom. The molecule has 3 rings (SSSR count). The van der Waals surface area contributed by atoms with Gasteiger partial charge < -0.3 is 4.74 Å². The molecule has 2 aromatic heterocycles. The predicted molar refractivity (Wildman–Crippen MR) is 86.0 cm³/mol. The first-order chi connectivity index (χ1) is 11.5. The van der Waals surface area contributed by atoms with Crippen molar-refractivity contribution in [1.82, 2.24) is 19.6 Å². The maximum absolute atomic E-state index is 12.2. The van der Waals surface area contributed by atoms with Crippen molar-refractivity contribution in [2.75, 3.05) is 6.61 Å². The molecule has 0 aliphatic rings. The maximum atomic E-state index is 12.2. The molecule has 0 radical (unpaired) electrons. The van der Waals surface area contributed by atoms with E-state index in [9.17, 15) is 9.59 Å². The molecule has 0 aliphatic carbocycles. The second kappa shape index (κ2) is 6.19. The number of rotatable bonds is 4. The SMILES string of the molecule is Cc1ccc(C)c(C(=O)COC(=O)c2nc3nccc(C)n3n2)c1. The second-order valence-electron chi connectivity index (χ2n) is 5.55. The van der Waals surface area contributed by atoms with E-state index in [1.807, 2.05) is 32.9 Å². The number of ether oxygens (including phenoxy) is 1. The lowest BCUT2D eigenvalue weighted by molar-refractivity contribution is 0.0462. The zero-order chi connectivity index (χ0) is 17.3. The number of nitrogens with zero attached hydrogens (tertiary/aromatic N) is 4. The summed E-state index contributed by atoms with van der Waals surface area (Å²) in [5, 5.41) is 4.05. The second-order valence-corrected chi connectivity index (χ2v) is 5.55. The monoisotopic (exact) mass is 324 g/mol. The largest absolute Gasteiger partial charge is 0.451 e. The molecule has 7 nitrogen and oxygen atoms in total. The third-order valence-electron chi connectivity index (χ3n) is 3.64. The summed E-state index contributed by atoms with van der Waals surface area (Å²) in [5.41, 5.74) is 3.15. The Bertz CT molecular complexity index is 946. The highest BCUT2D eigenvalue weighted by Gasteiger charge is 2.18. The third-order valence-corrected chi connectivity index (χ3v) is 3.64. The van der Waals surface area contributed by atoms with Crippen LogP contribution in [0, 0.1) is 20.8 Å². The topological polar surface area (TPSA) is 86.5 Å². The number of ketones is 1. The van der Waals surface area contributed by atoms with Crippen LogP contribution in [-0.2, 0) is 4.74 Å². The fraction of sp³-hybridized carbons (Fsp3) is 0.235. The molecular weight excluding hydrogens is 308 g/mol. The first kappa shape index (κ1) is 15.8. The molecule has 0 unspecified atom stereocenters. The van der Waals surface area contributed by atoms with Crippen LogP contribution in [0.25, 0.3) is 5.78 Å². The lowest BCUT2D eigenvalue weighted by atomic mass is 10.0. The van der Waals surface area contributed by atoms with Crippen molar-refractivity contribution >= 4 is 17.5 Å². The van der Waals surface area contributed by atoms with Crippen molar-refractivity contribution in [2.45, 2.75) is 20.8 Å². The molecule has 0 aliphatic heterocycles. The number of carbonyl (C=O) groups excluding carboxylic acids is 2. The number of hydrogen-bond donors (Lipinski definition) is 0. The molecule has 0 N–H and O–H groups in total. The average Bonchev–Trinajstić information content (AvgIpc) is 3.00. The van der Waals surface area contributed by atoms with Gasteiger partial charge in [0.2, 0.25) is 5.78 Å². The van der Waals surface area contributed by atoms with Crippen LogP contribution in [0.2, 0.25) is 0 Å². The van der Waals surface area contributed by atoms with Gasteiger partial charge in [-0.3, -0.25) is 4.79 Å². The van der Waals surface area contributed by atoms with Gasteiger partial charge in [0.1, 0.15) is 0 Å². The van der Waals surface area contributed by atoms with E-state index in [4.69, 9.17) is 4.74 Å². The van der Waals surface area contributed by atoms with Crippen molar-refractivity contribution in [2.24, 2.45) is 0 Å². The Kier molecular flexibility index (Phi) is 4.07. The molecule has 0 amide bonds. The van der Waals surface area contributed by atoms with Crippen LogP contribution in [0.4, 0.5) is 0 Å². The zero-order valence-electron chi connectivity index (χ0n) is 13.6. The highest BCUT2D eigenvalue weighted by Crippen LogP contribution is 2.12. The summed E-state index contributed by atoms with van der Waals surface area (Å²) in [4.78, 5) is 32.4. The molecule has 0 spiro atoms. The highest BCUT2D eigenvalue weighted by atomic mass is 16.5. The van der Waals surface area contributed by atoms with E-state index < -0.39 is 5.97 Å². The minimum Gasteiger partial charge on any atom is -0.451 e. The Morgan fingerprint density at radius 2 is 1.96 bits per heavy atom. The molecule has 0 bridgehead atoms. The first-order valence-corrected chi connectivity index (χ1v) is 7.41. The van der Waals surface area contributed by atoms with E-state index in [1.54, 1.807) is 18.3 Å². The van der Waals surface area contributed by atoms with Crippen molar-refractivity contribution in [3.8, 4) is 0 Å². The predicted octanol–water partition coefficient (Wildman–Crippen LogP) is 2.09. The van der Waals surface area contributed by atoms with E-state index in [-0.39, 0.29) is 18.2 Å². The molecule has 0 saturated carbocycles. The number of esters is 1. The van der Waals surface area contributed by atoms with Crippen LogP contribution >= 0.6 is 0 Å². The summed E-state index contributed by atoms with van der Waals surface area (Å²) < 4.78 is 6.50. The van der Waals surface area contributed by atoms with E-state index in [1.165, 1.54) is 4.52 Å². The molecule has 0 saturated heterocycles. The summed E-state index contributed by atoms with van der Waals surface area (Å²) >= 11 is 0. The summed E-state index contributed by atoms with van der Waals surface area (Å²) in [7, 11) is 0. The number of hydrogen-bond acceptors (Lipinski definition) is 6. The van der Waals surface area contributed by atoms with Crippen LogP contribution in [0.1, 0.15) is 37.8 Å². The van der Waals surface area contributed by atoms with Crippen LogP contribution in [0.5, 0.6) is 0 Å². The lowest BCUT2D eigenvalue weighted by Gasteiger charge is -2.06. The Hall–Kier alpha value is -3.09. The van der Waals surface area contributed by atoms with Crippen LogP contribution < -0.4 is 0 Å². The zero-order valence-corrected chi connectivity index (χ0v) is 13.6. The number of benzene rings is 1. The molecule has 1 aromatic carbocycles. The van der Waals surface area contributed by atoms with Gasteiger partial charge in [0.15, 0.2) is 6.61 Å². The number of Topliss-reactive ketones (excluding diaryl/α,β-unsaturated/α-hetero) is 1. The minimum absolute atomic E-state index is 0.120. The minimum atomic E-state index is -0.751. The van der Waals surface area contributed by atoms with Crippen molar-refractivity contribution in [3.05, 3.63) is 58.7 Å². The molecule has 3 aromatic rings. The molecule has 24 heavy (non-hydrogen) atoms. The van der Waals surface area contributed by atoms with Gasteiger partial charge in [-0.1, -0.05) is 17.7 Å². The molecule has 0 atom stereocenters. The van der Waals surface area contributed by atoms with Crippen molar-refractivity contribution < 1.29 is 14.3 Å². The van der Waals surface area contributed by atoms with Crippen molar-refractivity contribution in [3.63, 3.8) is 0 Å². The van der Waals surface area contributed by atoms with E-state index in [2.05, 4.69) is 15.1 Å². The fourth-order valence-electron chi connectivity index (χ4n) is 2.30. The van der Waals surface area contributed by atoms with E-state index in [0.717, 1.165) is 16.8 Å². The van der Waals surface area contributed by atoms with Gasteiger partial charge in [0.05, 0.1) is 0 Å². The normalized spacial score (nSPS) is 10.8. The van der Waals surface area contributed by atoms with Gasteiger partial charge >= 0.3 is 5.97 Å². The summed E-state index contributed by atoms with van der Waals surface area (Å²) in [6, 6.07) is 7.32. The highest BCUT2D eigenvalue weighted by molar-refractivity contribution is 6.00. The van der Waals surface area contributed by atoms with Gasteiger partial charge in [0.25, 0.3) is 11.6 Å². The average molecular weight is 324 g/mol. The van der Waals surface area contributed by atoms with Crippen LogP contribution in [0.15, 0.2) is 30.5 Å². The number of aryl methyl sites for hydroxylation is 3. The molecular formula is C17H16N4O3. The molecule has 0 fully saturated rings. The van der Waals surface area contributed by atoms with Gasteiger partial charge in [-0.05, 0) is 38.5 Å².